The number of sulfonamides is 1. The minimum atomic E-state index is -3.87. The average Bonchev–Trinajstić information content (AvgIpc) is 3.04. The molecule has 7 rings (SSSR count). The molecule has 9 heteroatoms. The van der Waals surface area contributed by atoms with Crippen molar-refractivity contribution in [2.75, 3.05) is 23.7 Å². The van der Waals surface area contributed by atoms with E-state index in [0.29, 0.717) is 17.8 Å². The lowest BCUT2D eigenvalue weighted by molar-refractivity contribution is -0.140. The third kappa shape index (κ3) is 7.56. The highest BCUT2D eigenvalue weighted by atomic mass is 32.2. The van der Waals surface area contributed by atoms with Crippen LogP contribution >= 0.6 is 0 Å². The molecule has 3 aromatic carbocycles. The summed E-state index contributed by atoms with van der Waals surface area (Å²) in [6.45, 7) is 1.93. The normalized spacial score (nSPS) is 23.7. The summed E-state index contributed by atoms with van der Waals surface area (Å²) in [5, 5.41) is 2.93. The third-order valence-corrected chi connectivity index (χ3v) is 11.7. The highest BCUT2D eigenvalue weighted by Gasteiger charge is 2.51. The van der Waals surface area contributed by atoms with E-state index in [4.69, 9.17) is 0 Å². The monoisotopic (exact) mass is 659 g/mol. The molecule has 2 amide bonds. The van der Waals surface area contributed by atoms with Crippen molar-refractivity contribution < 1.29 is 22.4 Å². The van der Waals surface area contributed by atoms with E-state index < -0.39 is 34.3 Å². The summed E-state index contributed by atoms with van der Waals surface area (Å²) in [6.07, 6.45) is 9.70. The molecule has 0 unspecified atom stereocenters. The standard InChI is InChI=1S/C38H46FN3O4S/c1-3-17-40-37(44)35(21-27-7-5-4-6-8-27)41(25-28-9-13-33(39)14-10-28)36(43)26-42(47(2,45)46)34-15-11-32(12-16-34)38-22-29-18-30(23-38)20-31(19-29)24-38/h4-16,29-31,35H,3,17-26H2,1-2H3,(H,40,44)/t29?,30?,31?,35-,38?/m0/s1. The van der Waals surface area contributed by atoms with Crippen molar-refractivity contribution >= 4 is 27.5 Å². The van der Waals surface area contributed by atoms with Gasteiger partial charge in [-0.1, -0.05) is 61.5 Å². The summed E-state index contributed by atoms with van der Waals surface area (Å²) in [6, 6.07) is 22.1. The topological polar surface area (TPSA) is 86.8 Å². The van der Waals surface area contributed by atoms with E-state index in [0.717, 1.165) is 40.3 Å². The van der Waals surface area contributed by atoms with Gasteiger partial charge in [-0.3, -0.25) is 13.9 Å². The van der Waals surface area contributed by atoms with Gasteiger partial charge in [-0.15, -0.1) is 0 Å². The molecule has 1 atom stereocenters. The fraction of sp³-hybridized carbons (Fsp3) is 0.474. The molecule has 1 N–H and O–H groups in total. The minimum Gasteiger partial charge on any atom is -0.354 e. The van der Waals surface area contributed by atoms with Crippen molar-refractivity contribution in [1.82, 2.24) is 10.2 Å². The lowest BCUT2D eigenvalue weighted by atomic mass is 9.48. The van der Waals surface area contributed by atoms with E-state index in [-0.39, 0.29) is 24.3 Å². The van der Waals surface area contributed by atoms with Crippen LogP contribution in [0.15, 0.2) is 78.9 Å². The zero-order chi connectivity index (χ0) is 33.2. The number of carbonyl (C=O) groups excluding carboxylic acids is 2. The quantitative estimate of drug-likeness (QED) is 0.236. The van der Waals surface area contributed by atoms with Gasteiger partial charge in [-0.25, -0.2) is 12.8 Å². The van der Waals surface area contributed by atoms with Crippen LogP contribution in [0.4, 0.5) is 10.1 Å². The largest absolute Gasteiger partial charge is 0.354 e. The predicted molar refractivity (Wildman–Crippen MR) is 183 cm³/mol. The van der Waals surface area contributed by atoms with E-state index in [2.05, 4.69) is 17.4 Å². The maximum absolute atomic E-state index is 14.3. The molecule has 7 nitrogen and oxygen atoms in total. The van der Waals surface area contributed by atoms with Crippen LogP contribution in [0.25, 0.3) is 0 Å². The Balaban J connectivity index is 1.29. The number of nitrogens with one attached hydrogen (secondary N) is 1. The van der Waals surface area contributed by atoms with E-state index in [1.165, 1.54) is 61.1 Å². The average molecular weight is 660 g/mol. The Bertz CT molecular complexity index is 1630. The van der Waals surface area contributed by atoms with Gasteiger partial charge in [0.15, 0.2) is 0 Å². The molecule has 47 heavy (non-hydrogen) atoms. The predicted octanol–water partition coefficient (Wildman–Crippen LogP) is 6.23. The van der Waals surface area contributed by atoms with E-state index >= 15 is 0 Å². The molecule has 4 aliphatic carbocycles. The number of hydrogen-bond acceptors (Lipinski definition) is 4. The van der Waals surface area contributed by atoms with Crippen LogP contribution in [0.2, 0.25) is 0 Å². The first kappa shape index (κ1) is 33.2. The van der Waals surface area contributed by atoms with Crippen molar-refractivity contribution in [3.8, 4) is 0 Å². The fourth-order valence-corrected chi connectivity index (χ4v) is 9.62. The van der Waals surface area contributed by atoms with Gasteiger partial charge in [0.1, 0.15) is 18.4 Å². The maximum Gasteiger partial charge on any atom is 0.244 e. The first-order valence-corrected chi connectivity index (χ1v) is 18.8. The molecular formula is C38H46FN3O4S. The second-order valence-electron chi connectivity index (χ2n) is 14.2. The summed E-state index contributed by atoms with van der Waals surface area (Å²) >= 11 is 0. The summed E-state index contributed by atoms with van der Waals surface area (Å²) in [7, 11) is -3.87. The Kier molecular flexibility index (Phi) is 9.74. The van der Waals surface area contributed by atoms with Crippen molar-refractivity contribution in [2.24, 2.45) is 17.8 Å². The van der Waals surface area contributed by atoms with Gasteiger partial charge in [0.25, 0.3) is 0 Å². The Labute approximate surface area is 278 Å². The summed E-state index contributed by atoms with van der Waals surface area (Å²) in [4.78, 5) is 29.4. The Morgan fingerprint density at radius 2 is 1.47 bits per heavy atom. The number of nitrogens with zero attached hydrogens (tertiary/aromatic N) is 2. The maximum atomic E-state index is 14.3. The van der Waals surface area contributed by atoms with Crippen molar-refractivity contribution in [3.05, 3.63) is 101 Å². The molecular weight excluding hydrogens is 614 g/mol. The Morgan fingerprint density at radius 1 is 0.872 bits per heavy atom. The van der Waals surface area contributed by atoms with Gasteiger partial charge >= 0.3 is 0 Å². The highest BCUT2D eigenvalue weighted by Crippen LogP contribution is 2.60. The molecule has 4 fully saturated rings. The number of hydrogen-bond donors (Lipinski definition) is 1. The SMILES string of the molecule is CCCNC(=O)[C@H](Cc1ccccc1)N(Cc1ccc(F)cc1)C(=O)CN(c1ccc(C23CC4CC(CC(C4)C2)C3)cc1)S(C)(=O)=O. The second-order valence-corrected chi connectivity index (χ2v) is 16.1. The molecule has 3 aromatic rings. The van der Waals surface area contributed by atoms with Crippen LogP contribution in [0, 0.1) is 23.6 Å². The van der Waals surface area contributed by atoms with Gasteiger partial charge in [0.05, 0.1) is 11.9 Å². The van der Waals surface area contributed by atoms with Crippen LogP contribution in [-0.2, 0) is 38.0 Å². The molecule has 4 aliphatic rings. The molecule has 4 bridgehead atoms. The lowest BCUT2D eigenvalue weighted by Crippen LogP contribution is -2.53. The zero-order valence-corrected chi connectivity index (χ0v) is 28.2. The van der Waals surface area contributed by atoms with Gasteiger partial charge in [-0.05, 0) is 109 Å². The molecule has 4 saturated carbocycles. The minimum absolute atomic E-state index is 0.0126. The van der Waals surface area contributed by atoms with Gasteiger partial charge in [-0.2, -0.15) is 0 Å². The van der Waals surface area contributed by atoms with Crippen molar-refractivity contribution in [2.45, 2.75) is 76.3 Å². The summed E-state index contributed by atoms with van der Waals surface area (Å²) in [5.74, 6) is 1.12. The molecule has 0 heterocycles. The lowest BCUT2D eigenvalue weighted by Gasteiger charge is -2.57. The van der Waals surface area contributed by atoms with Crippen LogP contribution in [0.1, 0.15) is 68.6 Å². The number of benzene rings is 3. The number of rotatable bonds is 13. The molecule has 250 valence electrons. The first-order chi connectivity index (χ1) is 22.5. The van der Waals surface area contributed by atoms with Crippen molar-refractivity contribution in [1.29, 1.82) is 0 Å². The highest BCUT2D eigenvalue weighted by molar-refractivity contribution is 7.92. The van der Waals surface area contributed by atoms with Gasteiger partial charge < -0.3 is 10.2 Å². The molecule has 0 saturated heterocycles. The fourth-order valence-electron chi connectivity index (χ4n) is 8.77. The zero-order valence-electron chi connectivity index (χ0n) is 27.4. The first-order valence-electron chi connectivity index (χ1n) is 17.0. The van der Waals surface area contributed by atoms with Crippen LogP contribution in [-0.4, -0.2) is 50.5 Å². The van der Waals surface area contributed by atoms with Crippen LogP contribution in [0.5, 0.6) is 0 Å². The van der Waals surface area contributed by atoms with Gasteiger partial charge in [0, 0.05) is 19.5 Å². The number of anilines is 1. The molecule has 0 aromatic heterocycles. The van der Waals surface area contributed by atoms with E-state index in [1.807, 2.05) is 49.4 Å². The Morgan fingerprint density at radius 3 is 2.02 bits per heavy atom. The molecule has 0 radical (unpaired) electrons. The Hall–Kier alpha value is -3.72. The van der Waals surface area contributed by atoms with E-state index in [1.54, 1.807) is 12.1 Å². The molecule has 0 spiro atoms. The summed E-state index contributed by atoms with van der Waals surface area (Å²) < 4.78 is 41.5. The number of amides is 2. The van der Waals surface area contributed by atoms with Gasteiger partial charge in [0.2, 0.25) is 21.8 Å². The summed E-state index contributed by atoms with van der Waals surface area (Å²) in [5.41, 5.74) is 3.36. The molecule has 0 aliphatic heterocycles. The van der Waals surface area contributed by atoms with Crippen LogP contribution in [0.3, 0.4) is 0 Å². The van der Waals surface area contributed by atoms with E-state index in [9.17, 15) is 22.4 Å². The second kappa shape index (κ2) is 13.8. The smallest absolute Gasteiger partial charge is 0.244 e. The number of carbonyl (C=O) groups is 2. The van der Waals surface area contributed by atoms with Crippen LogP contribution < -0.4 is 9.62 Å². The van der Waals surface area contributed by atoms with Crippen molar-refractivity contribution in [3.63, 3.8) is 0 Å². The third-order valence-electron chi connectivity index (χ3n) is 10.6. The number of halogens is 1.